The Morgan fingerprint density at radius 1 is 1.27 bits per heavy atom. The first-order valence-electron chi connectivity index (χ1n) is 10.1. The maximum absolute atomic E-state index is 15.3. The Balaban J connectivity index is 1.70. The Hall–Kier alpha value is -2.65. The van der Waals surface area contributed by atoms with Gasteiger partial charge in [0.15, 0.2) is 11.6 Å². The van der Waals surface area contributed by atoms with E-state index in [0.29, 0.717) is 25.0 Å². The number of fused-ring (bicyclic) bond motifs is 2. The molecule has 2 aliphatic carbocycles. The molecule has 4 atom stereocenters. The Kier molecular flexibility index (Phi) is 4.30. The number of aromatic carboxylic acids is 1. The number of nitrogens with zero attached hydrogens (tertiary/aromatic N) is 2. The second-order valence-corrected chi connectivity index (χ2v) is 8.57. The summed E-state index contributed by atoms with van der Waals surface area (Å²) in [4.78, 5) is 26.1. The molecule has 2 saturated carbocycles. The first kappa shape index (κ1) is 19.3. The fourth-order valence-electron chi connectivity index (χ4n) is 5.17. The normalized spacial score (nSPS) is 28.2. The highest BCUT2D eigenvalue weighted by Crippen LogP contribution is 2.47. The molecular weight excluding hydrogens is 395 g/mol. The molecule has 0 spiro atoms. The number of benzene rings is 1. The minimum absolute atomic E-state index is 0.0188. The molecule has 0 amide bonds. The fraction of sp³-hybridized carbons (Fsp3) is 0.524. The SMILES string of the molecule is COc1c(N2C[C@@H]3C[C@@H](O)[C@@H](O)[C@@H]3C2)c(F)cc2c(=O)c(C(=O)O)cn(C3CC3)c12. The molecular formula is C21H23FN2O6. The quantitative estimate of drug-likeness (QED) is 0.687. The van der Waals surface area contributed by atoms with Gasteiger partial charge in [0.1, 0.15) is 11.3 Å². The lowest BCUT2D eigenvalue weighted by Gasteiger charge is -2.26. The van der Waals surface area contributed by atoms with Crippen molar-refractivity contribution >= 4 is 22.6 Å². The average molecular weight is 418 g/mol. The fourth-order valence-corrected chi connectivity index (χ4v) is 5.17. The molecule has 3 aliphatic rings. The van der Waals surface area contributed by atoms with E-state index in [-0.39, 0.29) is 34.7 Å². The number of anilines is 1. The Bertz CT molecular complexity index is 1110. The smallest absolute Gasteiger partial charge is 0.341 e. The maximum Gasteiger partial charge on any atom is 0.341 e. The van der Waals surface area contributed by atoms with Gasteiger partial charge in [0, 0.05) is 31.2 Å². The van der Waals surface area contributed by atoms with E-state index in [2.05, 4.69) is 0 Å². The van der Waals surface area contributed by atoms with Gasteiger partial charge in [-0.15, -0.1) is 0 Å². The van der Waals surface area contributed by atoms with Crippen molar-refractivity contribution in [3.05, 3.63) is 33.9 Å². The van der Waals surface area contributed by atoms with Crippen LogP contribution in [0.2, 0.25) is 0 Å². The topological polar surface area (TPSA) is 112 Å². The van der Waals surface area contributed by atoms with Crippen LogP contribution in [0.4, 0.5) is 10.1 Å². The van der Waals surface area contributed by atoms with Crippen LogP contribution in [0.15, 0.2) is 17.1 Å². The zero-order chi connectivity index (χ0) is 21.3. The molecule has 160 valence electrons. The summed E-state index contributed by atoms with van der Waals surface area (Å²) in [5, 5.41) is 29.6. The van der Waals surface area contributed by atoms with E-state index in [0.717, 1.165) is 18.9 Å². The summed E-state index contributed by atoms with van der Waals surface area (Å²) in [6, 6.07) is 1.13. The number of carbonyl (C=O) groups is 1. The minimum Gasteiger partial charge on any atom is -0.492 e. The Morgan fingerprint density at radius 3 is 2.60 bits per heavy atom. The summed E-state index contributed by atoms with van der Waals surface area (Å²) in [6.45, 7) is 0.820. The molecule has 3 fully saturated rings. The predicted octanol–water partition coefficient (Wildman–Crippen LogP) is 1.36. The highest BCUT2D eigenvalue weighted by molar-refractivity contribution is 5.97. The van der Waals surface area contributed by atoms with Gasteiger partial charge in [-0.2, -0.15) is 0 Å². The molecule has 1 aromatic heterocycles. The lowest BCUT2D eigenvalue weighted by Crippen LogP contribution is -2.31. The largest absolute Gasteiger partial charge is 0.492 e. The van der Waals surface area contributed by atoms with Crippen LogP contribution in [0.25, 0.3) is 10.9 Å². The average Bonchev–Trinajstić information content (AvgIpc) is 3.41. The van der Waals surface area contributed by atoms with Crippen LogP contribution in [-0.4, -0.2) is 58.3 Å². The Labute approximate surface area is 171 Å². The van der Waals surface area contributed by atoms with Crippen LogP contribution in [0, 0.1) is 17.7 Å². The summed E-state index contributed by atoms with van der Waals surface area (Å²) >= 11 is 0. The van der Waals surface area contributed by atoms with Gasteiger partial charge >= 0.3 is 5.97 Å². The van der Waals surface area contributed by atoms with E-state index in [1.807, 2.05) is 0 Å². The molecule has 1 saturated heterocycles. The third kappa shape index (κ3) is 2.72. The molecule has 0 radical (unpaired) electrons. The number of carboxylic acid groups (broad SMARTS) is 1. The number of hydrogen-bond acceptors (Lipinski definition) is 6. The highest BCUT2D eigenvalue weighted by atomic mass is 19.1. The first-order valence-corrected chi connectivity index (χ1v) is 10.1. The summed E-state index contributed by atoms with van der Waals surface area (Å²) in [5.41, 5.74) is -0.534. The van der Waals surface area contributed by atoms with Crippen LogP contribution >= 0.6 is 0 Å². The molecule has 5 rings (SSSR count). The molecule has 3 N–H and O–H groups in total. The highest BCUT2D eigenvalue weighted by Gasteiger charge is 2.48. The first-order chi connectivity index (χ1) is 14.3. The summed E-state index contributed by atoms with van der Waals surface area (Å²) in [6.07, 6.45) is 1.84. The van der Waals surface area contributed by atoms with Crippen molar-refractivity contribution in [3.63, 3.8) is 0 Å². The number of carboxylic acids is 1. The molecule has 8 nitrogen and oxygen atoms in total. The van der Waals surface area contributed by atoms with Gasteiger partial charge in [-0.05, 0) is 31.2 Å². The monoisotopic (exact) mass is 418 g/mol. The molecule has 0 bridgehead atoms. The van der Waals surface area contributed by atoms with Crippen LogP contribution in [0.1, 0.15) is 35.7 Å². The molecule has 30 heavy (non-hydrogen) atoms. The van der Waals surface area contributed by atoms with Crippen LogP contribution in [-0.2, 0) is 0 Å². The van der Waals surface area contributed by atoms with E-state index in [1.165, 1.54) is 13.3 Å². The summed E-state index contributed by atoms with van der Waals surface area (Å²) < 4.78 is 22.6. The van der Waals surface area contributed by atoms with Crippen molar-refractivity contribution in [2.75, 3.05) is 25.1 Å². The molecule has 9 heteroatoms. The zero-order valence-corrected chi connectivity index (χ0v) is 16.4. The van der Waals surface area contributed by atoms with E-state index in [9.17, 15) is 24.9 Å². The van der Waals surface area contributed by atoms with Crippen LogP contribution in [0.5, 0.6) is 5.75 Å². The third-order valence-corrected chi connectivity index (χ3v) is 6.76. The summed E-state index contributed by atoms with van der Waals surface area (Å²) in [5.74, 6) is -1.95. The number of ether oxygens (including phenoxy) is 1. The molecule has 1 aromatic carbocycles. The predicted molar refractivity (Wildman–Crippen MR) is 106 cm³/mol. The maximum atomic E-state index is 15.3. The van der Waals surface area contributed by atoms with Gasteiger partial charge in [-0.25, -0.2) is 9.18 Å². The number of methoxy groups -OCH3 is 1. The lowest BCUT2D eigenvalue weighted by molar-refractivity contribution is 0.0229. The number of aliphatic hydroxyl groups is 2. The van der Waals surface area contributed by atoms with Crippen molar-refractivity contribution in [3.8, 4) is 5.75 Å². The number of aromatic nitrogens is 1. The van der Waals surface area contributed by atoms with E-state index in [1.54, 1.807) is 9.47 Å². The second-order valence-electron chi connectivity index (χ2n) is 8.57. The van der Waals surface area contributed by atoms with Gasteiger partial charge in [0.25, 0.3) is 0 Å². The van der Waals surface area contributed by atoms with Gasteiger partial charge in [-0.1, -0.05) is 0 Å². The van der Waals surface area contributed by atoms with Crippen molar-refractivity contribution < 1.29 is 29.2 Å². The molecule has 2 aromatic rings. The lowest BCUT2D eigenvalue weighted by atomic mass is 9.99. The van der Waals surface area contributed by atoms with Gasteiger partial charge in [-0.3, -0.25) is 4.79 Å². The summed E-state index contributed by atoms with van der Waals surface area (Å²) in [7, 11) is 1.40. The van der Waals surface area contributed by atoms with Crippen molar-refractivity contribution in [1.82, 2.24) is 4.57 Å². The minimum atomic E-state index is -1.35. The Morgan fingerprint density at radius 2 is 2.00 bits per heavy atom. The van der Waals surface area contributed by atoms with Crippen molar-refractivity contribution in [2.45, 2.75) is 37.5 Å². The zero-order valence-electron chi connectivity index (χ0n) is 16.4. The molecule has 2 heterocycles. The third-order valence-electron chi connectivity index (χ3n) is 6.76. The standard InChI is InChI=1S/C21H23FN2O6/c1-30-20-16-11(18(26)13(21(28)29)8-24(16)10-2-3-10)5-14(22)17(20)23-6-9-4-15(25)19(27)12(9)7-23/h5,8-10,12,15,19,25,27H,2-4,6-7H2,1H3,(H,28,29)/t9-,12+,15+,19-/m0/s1. The number of pyridine rings is 1. The van der Waals surface area contributed by atoms with E-state index in [4.69, 9.17) is 4.74 Å². The van der Waals surface area contributed by atoms with Crippen molar-refractivity contribution in [2.24, 2.45) is 11.8 Å². The van der Waals surface area contributed by atoms with Gasteiger partial charge in [0.2, 0.25) is 5.43 Å². The number of hydrogen-bond donors (Lipinski definition) is 3. The number of rotatable bonds is 4. The van der Waals surface area contributed by atoms with Crippen LogP contribution in [0.3, 0.4) is 0 Å². The van der Waals surface area contributed by atoms with Crippen molar-refractivity contribution in [1.29, 1.82) is 0 Å². The van der Waals surface area contributed by atoms with E-state index >= 15 is 4.39 Å². The number of aliphatic hydroxyl groups excluding tert-OH is 2. The van der Waals surface area contributed by atoms with Crippen LogP contribution < -0.4 is 15.1 Å². The molecule has 1 aliphatic heterocycles. The van der Waals surface area contributed by atoms with E-state index < -0.39 is 35.0 Å². The second kappa shape index (κ2) is 6.68. The number of halogens is 1. The van der Waals surface area contributed by atoms with Gasteiger partial charge < -0.3 is 29.5 Å². The van der Waals surface area contributed by atoms with Gasteiger partial charge in [0.05, 0.1) is 30.2 Å². The molecule has 0 unspecified atom stereocenters.